The first-order valence-electron chi connectivity index (χ1n) is 15.2. The zero-order chi connectivity index (χ0) is 31.6. The maximum Gasteiger partial charge on any atom is 0.415 e. The molecule has 1 saturated heterocycles. The topological polar surface area (TPSA) is 98.3 Å². The minimum absolute atomic E-state index is 0.00563. The quantitative estimate of drug-likeness (QED) is 0.209. The van der Waals surface area contributed by atoms with E-state index in [0.717, 1.165) is 29.8 Å². The number of nitrogens with zero attached hydrogens (tertiary/aromatic N) is 3. The van der Waals surface area contributed by atoms with Crippen molar-refractivity contribution in [3.8, 4) is 23.0 Å². The van der Waals surface area contributed by atoms with Crippen molar-refractivity contribution in [2.24, 2.45) is 5.41 Å². The Kier molecular flexibility index (Phi) is 8.54. The normalized spacial score (nSPS) is 15.8. The number of rotatable bonds is 10. The molecule has 2 heterocycles. The van der Waals surface area contributed by atoms with Crippen LogP contribution in [0.2, 0.25) is 0 Å². The van der Waals surface area contributed by atoms with E-state index in [1.54, 1.807) is 41.4 Å². The molecule has 2 aliphatic rings. The third-order valence-corrected chi connectivity index (χ3v) is 8.76. The van der Waals surface area contributed by atoms with E-state index in [1.807, 2.05) is 50.4 Å². The van der Waals surface area contributed by atoms with Gasteiger partial charge in [-0.15, -0.1) is 0 Å². The van der Waals surface area contributed by atoms with Gasteiger partial charge < -0.3 is 24.0 Å². The van der Waals surface area contributed by atoms with Crippen LogP contribution in [-0.4, -0.2) is 72.8 Å². The van der Waals surface area contributed by atoms with Crippen LogP contribution < -0.4 is 14.2 Å². The molecule has 232 valence electrons. The fourth-order valence-electron chi connectivity index (χ4n) is 5.66. The Labute approximate surface area is 262 Å². The minimum atomic E-state index is -0.859. The molecule has 1 amide bonds. The lowest BCUT2D eigenvalue weighted by molar-refractivity contribution is -0.133. The molecule has 1 saturated carbocycles. The van der Waals surface area contributed by atoms with E-state index in [0.29, 0.717) is 54.1 Å². The molecule has 0 spiro atoms. The number of aromatic nitrogens is 1. The van der Waals surface area contributed by atoms with Crippen molar-refractivity contribution < 1.29 is 28.6 Å². The van der Waals surface area contributed by atoms with E-state index in [9.17, 15) is 14.4 Å². The third-order valence-electron chi connectivity index (χ3n) is 8.76. The van der Waals surface area contributed by atoms with E-state index in [-0.39, 0.29) is 30.2 Å². The van der Waals surface area contributed by atoms with Gasteiger partial charge in [-0.3, -0.25) is 14.6 Å². The van der Waals surface area contributed by atoms with Gasteiger partial charge in [0.25, 0.3) is 0 Å². The predicted molar refractivity (Wildman–Crippen MR) is 170 cm³/mol. The molecule has 2 fully saturated rings. The highest BCUT2D eigenvalue weighted by Crippen LogP contribution is 2.49. The van der Waals surface area contributed by atoms with E-state index < -0.39 is 11.5 Å². The van der Waals surface area contributed by atoms with Crippen molar-refractivity contribution in [1.29, 1.82) is 0 Å². The van der Waals surface area contributed by atoms with Crippen LogP contribution in [0.1, 0.15) is 29.5 Å². The molecule has 9 heteroatoms. The van der Waals surface area contributed by atoms with Crippen molar-refractivity contribution in [1.82, 2.24) is 14.8 Å². The van der Waals surface area contributed by atoms with Gasteiger partial charge in [-0.1, -0.05) is 42.0 Å². The average molecular weight is 608 g/mol. The van der Waals surface area contributed by atoms with Gasteiger partial charge in [0.2, 0.25) is 0 Å². The lowest BCUT2D eigenvalue weighted by atomic mass is 9.88. The van der Waals surface area contributed by atoms with Gasteiger partial charge in [0.05, 0.1) is 18.0 Å². The zero-order valence-corrected chi connectivity index (χ0v) is 25.9. The summed E-state index contributed by atoms with van der Waals surface area (Å²) in [6.07, 6.45) is 2.92. The fraction of sp³-hybridized carbons (Fsp3) is 0.333. The number of Topliss-reactive ketones (excluding diaryl/α,β-unsaturated/α-hetero) is 2. The van der Waals surface area contributed by atoms with E-state index in [1.165, 1.54) is 7.11 Å². The van der Waals surface area contributed by atoms with Gasteiger partial charge in [0, 0.05) is 56.7 Å². The monoisotopic (exact) mass is 607 g/mol. The number of hydrogen-bond donors (Lipinski definition) is 0. The van der Waals surface area contributed by atoms with Crippen molar-refractivity contribution in [2.75, 3.05) is 40.3 Å². The van der Waals surface area contributed by atoms with Crippen molar-refractivity contribution in [3.05, 3.63) is 89.6 Å². The van der Waals surface area contributed by atoms with E-state index in [2.05, 4.69) is 9.88 Å². The second-order valence-electron chi connectivity index (χ2n) is 12.0. The molecule has 9 nitrogen and oxygen atoms in total. The number of piperazine rings is 1. The number of ketones is 2. The Morgan fingerprint density at radius 1 is 0.800 bits per heavy atom. The molecule has 0 radical (unpaired) electrons. The summed E-state index contributed by atoms with van der Waals surface area (Å²) in [5.74, 6) is 1.76. The molecule has 4 aromatic rings. The molecule has 45 heavy (non-hydrogen) atoms. The third kappa shape index (κ3) is 6.68. The number of methoxy groups -OCH3 is 1. The summed E-state index contributed by atoms with van der Waals surface area (Å²) in [6, 6.07) is 20.4. The lowest BCUT2D eigenvalue weighted by Crippen LogP contribution is -2.48. The number of aryl methyl sites for hydroxylation is 1. The highest BCUT2D eigenvalue weighted by atomic mass is 16.6. The van der Waals surface area contributed by atoms with Crippen molar-refractivity contribution in [2.45, 2.75) is 32.6 Å². The van der Waals surface area contributed by atoms with E-state index >= 15 is 0 Å². The van der Waals surface area contributed by atoms with Crippen LogP contribution in [-0.2, 0) is 22.4 Å². The summed E-state index contributed by atoms with van der Waals surface area (Å²) in [5.41, 5.74) is 2.66. The summed E-state index contributed by atoms with van der Waals surface area (Å²) < 4.78 is 17.5. The number of amides is 1. The van der Waals surface area contributed by atoms with Gasteiger partial charge in [0.1, 0.15) is 11.5 Å². The van der Waals surface area contributed by atoms with Crippen LogP contribution in [0.4, 0.5) is 4.79 Å². The predicted octanol–water partition coefficient (Wildman–Crippen LogP) is 5.79. The van der Waals surface area contributed by atoms with Gasteiger partial charge >= 0.3 is 6.09 Å². The van der Waals surface area contributed by atoms with E-state index in [4.69, 9.17) is 14.2 Å². The number of ether oxygens (including phenoxy) is 3. The zero-order valence-electron chi connectivity index (χ0n) is 25.9. The van der Waals surface area contributed by atoms with Gasteiger partial charge in [-0.05, 0) is 62.2 Å². The number of pyridine rings is 1. The molecular weight excluding hydrogens is 570 g/mol. The molecule has 0 unspecified atom stereocenters. The molecule has 6 rings (SSSR count). The van der Waals surface area contributed by atoms with Crippen LogP contribution in [0.15, 0.2) is 72.9 Å². The molecule has 3 aromatic carbocycles. The highest BCUT2D eigenvalue weighted by molar-refractivity contribution is 6.11. The smallest absolute Gasteiger partial charge is 0.415 e. The molecular formula is C36H37N3O6. The Bertz CT molecular complexity index is 1720. The molecule has 1 aliphatic carbocycles. The van der Waals surface area contributed by atoms with Crippen LogP contribution in [0, 0.1) is 12.3 Å². The standard InChI is InChI=1S/C36H37N3O6/c1-24-4-6-25(7-5-24)20-33(40)36(13-14-36)34(41)21-26-8-10-27(11-9-26)44-30-12-15-37-29-23-31(43-3)32(22-28(29)30)45-35(42)39-18-16-38(2)17-19-39/h4-12,15,22-23H,13-14,16-21H2,1-3H3. The van der Waals surface area contributed by atoms with Gasteiger partial charge in [-0.2, -0.15) is 0 Å². The number of benzene rings is 3. The highest BCUT2D eigenvalue weighted by Gasteiger charge is 2.54. The summed E-state index contributed by atoms with van der Waals surface area (Å²) in [7, 11) is 3.54. The van der Waals surface area contributed by atoms with Crippen LogP contribution in [0.3, 0.4) is 0 Å². The summed E-state index contributed by atoms with van der Waals surface area (Å²) in [5, 5.41) is 0.654. The fourth-order valence-corrected chi connectivity index (χ4v) is 5.66. The second kappa shape index (κ2) is 12.7. The van der Waals surface area contributed by atoms with Crippen LogP contribution in [0.5, 0.6) is 23.0 Å². The Morgan fingerprint density at radius 3 is 2.02 bits per heavy atom. The summed E-state index contributed by atoms with van der Waals surface area (Å²) >= 11 is 0. The van der Waals surface area contributed by atoms with Crippen molar-refractivity contribution in [3.63, 3.8) is 0 Å². The molecule has 1 aromatic heterocycles. The maximum absolute atomic E-state index is 13.3. The Hall–Kier alpha value is -4.76. The first-order chi connectivity index (χ1) is 21.7. The largest absolute Gasteiger partial charge is 0.493 e. The van der Waals surface area contributed by atoms with Gasteiger partial charge in [0.15, 0.2) is 23.1 Å². The maximum atomic E-state index is 13.3. The average Bonchev–Trinajstić information content (AvgIpc) is 3.86. The van der Waals surface area contributed by atoms with Crippen LogP contribution >= 0.6 is 0 Å². The first-order valence-corrected chi connectivity index (χ1v) is 15.2. The first kappa shape index (κ1) is 30.3. The molecule has 1 aliphatic heterocycles. The number of carbonyl (C=O) groups excluding carboxylic acids is 3. The molecule has 0 bridgehead atoms. The van der Waals surface area contributed by atoms with Crippen molar-refractivity contribution >= 4 is 28.6 Å². The summed E-state index contributed by atoms with van der Waals surface area (Å²) in [6.45, 7) is 4.76. The lowest BCUT2D eigenvalue weighted by Gasteiger charge is -2.31. The minimum Gasteiger partial charge on any atom is -0.493 e. The number of hydrogen-bond acceptors (Lipinski definition) is 8. The molecule has 0 N–H and O–H groups in total. The number of fused-ring (bicyclic) bond motifs is 1. The Balaban J connectivity index is 1.13. The van der Waals surface area contributed by atoms with Gasteiger partial charge in [-0.25, -0.2) is 4.79 Å². The Morgan fingerprint density at radius 2 is 1.42 bits per heavy atom. The number of likely N-dealkylation sites (N-methyl/N-ethyl adjacent to an activating group) is 1. The summed E-state index contributed by atoms with van der Waals surface area (Å²) in [4.78, 5) is 47.6. The molecule has 0 atom stereocenters. The van der Waals surface area contributed by atoms with Crippen LogP contribution in [0.25, 0.3) is 10.9 Å². The SMILES string of the molecule is COc1cc2nccc(Oc3ccc(CC(=O)C4(C(=O)Cc5ccc(C)cc5)CC4)cc3)c2cc1OC(=O)N1CCN(C)CC1. The number of carbonyl (C=O) groups is 3. The second-order valence-corrected chi connectivity index (χ2v) is 12.0.